The topological polar surface area (TPSA) is 42.6 Å². The van der Waals surface area contributed by atoms with Crippen molar-refractivity contribution in [3.05, 3.63) is 35.5 Å². The third-order valence-electron chi connectivity index (χ3n) is 4.23. The molecular weight excluding hydrogens is 332 g/mol. The van der Waals surface area contributed by atoms with E-state index in [2.05, 4.69) is 32.6 Å². The van der Waals surface area contributed by atoms with Crippen molar-refractivity contribution >= 4 is 23.5 Å². The molecule has 21 heavy (non-hydrogen) atoms. The van der Waals surface area contributed by atoms with Crippen molar-refractivity contribution in [3.8, 4) is 0 Å². The number of rotatable bonds is 2. The molecule has 3 heterocycles. The second-order valence-electron chi connectivity index (χ2n) is 5.69. The Morgan fingerprint density at radius 1 is 1.24 bits per heavy atom. The van der Waals surface area contributed by atoms with Crippen LogP contribution >= 0.6 is 0 Å². The van der Waals surface area contributed by atoms with Crippen molar-refractivity contribution in [2.45, 2.75) is 25.7 Å². The summed E-state index contributed by atoms with van der Waals surface area (Å²) in [6, 6.07) is 5.73. The number of aromatic nitrogens is 1. The molecule has 6 heteroatoms. The molecule has 2 saturated heterocycles. The van der Waals surface area contributed by atoms with Crippen molar-refractivity contribution in [1.29, 1.82) is 0 Å². The maximum Gasteiger partial charge on any atom is 2.00 e. The number of pyridine rings is 1. The van der Waals surface area contributed by atoms with E-state index in [1.54, 1.807) is 12.4 Å². The van der Waals surface area contributed by atoms with Crippen molar-refractivity contribution in [2.24, 2.45) is 16.9 Å². The summed E-state index contributed by atoms with van der Waals surface area (Å²) >= 11 is 4.52. The Morgan fingerprint density at radius 3 is 2.48 bits per heavy atom. The second kappa shape index (κ2) is 7.99. The zero-order chi connectivity index (χ0) is 13.8. The third kappa shape index (κ3) is 4.58. The van der Waals surface area contributed by atoms with Gasteiger partial charge in [-0.25, -0.2) is 4.90 Å². The van der Waals surface area contributed by atoms with Crippen LogP contribution in [0.15, 0.2) is 29.5 Å². The minimum absolute atomic E-state index is 0. The molecule has 4 rings (SSSR count). The smallest absolute Gasteiger partial charge is 0.515 e. The van der Waals surface area contributed by atoms with Gasteiger partial charge in [0.2, 0.25) is 0 Å². The number of thiol groups is 1. The van der Waals surface area contributed by atoms with E-state index in [0.717, 1.165) is 35.7 Å². The molecule has 0 aromatic carbocycles. The molecule has 0 atom stereocenters. The predicted molar refractivity (Wildman–Crippen MR) is 86.0 cm³/mol. The Balaban J connectivity index is 0.00000161. The van der Waals surface area contributed by atoms with Gasteiger partial charge in [0.05, 0.1) is 5.69 Å². The first-order valence-electron chi connectivity index (χ1n) is 7.27. The van der Waals surface area contributed by atoms with Gasteiger partial charge in [0, 0.05) is 25.5 Å². The van der Waals surface area contributed by atoms with E-state index >= 15 is 0 Å². The molecule has 2 aliphatic heterocycles. The molecule has 1 aromatic heterocycles. The van der Waals surface area contributed by atoms with E-state index in [1.165, 1.54) is 25.7 Å². The van der Waals surface area contributed by atoms with Crippen LogP contribution in [0, 0.1) is 11.8 Å². The van der Waals surface area contributed by atoms with Gasteiger partial charge < -0.3 is 10.5 Å². The molecule has 3 aliphatic rings. The summed E-state index contributed by atoms with van der Waals surface area (Å²) in [6.07, 6.45) is 8.86. The summed E-state index contributed by atoms with van der Waals surface area (Å²) in [5.41, 5.74) is 5.03. The van der Waals surface area contributed by atoms with Crippen molar-refractivity contribution in [2.75, 3.05) is 13.1 Å². The van der Waals surface area contributed by atoms with Gasteiger partial charge in [-0.2, -0.15) is 0 Å². The molecule has 4 nitrogen and oxygen atoms in total. The summed E-state index contributed by atoms with van der Waals surface area (Å²) in [7, 11) is 0. The van der Waals surface area contributed by atoms with Gasteiger partial charge in [0.25, 0.3) is 0 Å². The van der Waals surface area contributed by atoms with Crippen molar-refractivity contribution in [3.63, 3.8) is 0 Å². The number of nitrogens with zero attached hydrogens (tertiary/aromatic N) is 4. The standard InChI is InChI=1S/C15H20N4S.Cu/c20-15(18-17-9-14-3-1-2-8-16-14)19-10-12-4-5-13(11-19)7-6-12;/h1-3,8-9,12-13H,4-7,10-11H2,(H,16,18,20);/q;+2. The average Bonchev–Trinajstić information content (AvgIpc) is 2.82. The van der Waals surface area contributed by atoms with Crippen molar-refractivity contribution in [1.82, 2.24) is 9.88 Å². The first-order chi connectivity index (χ1) is 9.81. The quantitative estimate of drug-likeness (QED) is 0.205. The molecule has 0 amide bonds. The largest absolute Gasteiger partial charge is 2.00 e. The Morgan fingerprint density at radius 2 is 1.90 bits per heavy atom. The minimum Gasteiger partial charge on any atom is -0.515 e. The Hall–Kier alpha value is -0.811. The molecule has 1 radical (unpaired) electrons. The number of hydrogen-bond acceptors (Lipinski definition) is 2. The molecule has 115 valence electrons. The average molecular weight is 352 g/mol. The molecular formula is C15H20CuN4S+2. The molecule has 1 saturated carbocycles. The van der Waals surface area contributed by atoms with Crippen LogP contribution in [0.2, 0.25) is 0 Å². The van der Waals surface area contributed by atoms with E-state index in [1.807, 2.05) is 18.2 Å². The van der Waals surface area contributed by atoms with E-state index in [0.29, 0.717) is 0 Å². The molecule has 1 aliphatic carbocycles. The number of hydrogen-bond donors (Lipinski definition) is 0. The summed E-state index contributed by atoms with van der Waals surface area (Å²) in [5.74, 6) is 1.62. The zero-order valence-electron chi connectivity index (χ0n) is 11.8. The van der Waals surface area contributed by atoms with Gasteiger partial charge in [-0.3, -0.25) is 4.98 Å². The fourth-order valence-corrected chi connectivity index (χ4v) is 3.33. The van der Waals surface area contributed by atoms with Crippen LogP contribution < -0.4 is 0 Å². The summed E-state index contributed by atoms with van der Waals surface area (Å²) in [6.45, 7) is 2.16. The molecule has 0 unspecified atom stereocenters. The molecule has 1 aromatic rings. The maximum absolute atomic E-state index is 4.52. The van der Waals surface area contributed by atoms with Gasteiger partial charge in [-0.1, -0.05) is 6.07 Å². The summed E-state index contributed by atoms with van der Waals surface area (Å²) in [5, 5.41) is 4.83. The Kier molecular flexibility index (Phi) is 6.30. The normalized spacial score (nSPS) is 25.3. The van der Waals surface area contributed by atoms with Crippen LogP contribution in [0.3, 0.4) is 0 Å². The predicted octanol–water partition coefficient (Wildman–Crippen LogP) is 2.28. The first-order valence-corrected chi connectivity index (χ1v) is 7.72. The monoisotopic (exact) mass is 351 g/mol. The maximum atomic E-state index is 4.52. The van der Waals surface area contributed by atoms with Crippen LogP contribution in [0.4, 0.5) is 0 Å². The molecule has 0 N–H and O–H groups in total. The minimum atomic E-state index is 0. The Labute approximate surface area is 141 Å². The van der Waals surface area contributed by atoms with E-state index in [-0.39, 0.29) is 17.1 Å². The van der Waals surface area contributed by atoms with Crippen LogP contribution in [-0.2, 0) is 29.3 Å². The zero-order valence-corrected chi connectivity index (χ0v) is 13.7. The van der Waals surface area contributed by atoms with E-state index in [4.69, 9.17) is 0 Å². The fourth-order valence-electron chi connectivity index (χ4n) is 3.11. The molecule has 2 bridgehead atoms. The SMILES string of the molecule is [Cu+2].[SH+]=C([N-]N=Cc1ccccn1)N1CC2CCC(CC2)C1. The van der Waals surface area contributed by atoms with Crippen LogP contribution in [0.25, 0.3) is 5.43 Å². The van der Waals surface area contributed by atoms with Gasteiger partial charge in [-0.05, 0) is 49.7 Å². The fraction of sp³-hybridized carbons (Fsp3) is 0.533. The Bertz CT molecular complexity index is 472. The summed E-state index contributed by atoms with van der Waals surface area (Å²) < 4.78 is 0. The van der Waals surface area contributed by atoms with Gasteiger partial charge in [0.1, 0.15) is 0 Å². The molecule has 0 spiro atoms. The van der Waals surface area contributed by atoms with E-state index in [9.17, 15) is 0 Å². The van der Waals surface area contributed by atoms with E-state index < -0.39 is 0 Å². The van der Waals surface area contributed by atoms with Crippen LogP contribution in [-0.4, -0.2) is 34.3 Å². The van der Waals surface area contributed by atoms with Gasteiger partial charge in [-0.15, -0.1) is 0 Å². The van der Waals surface area contributed by atoms with Gasteiger partial charge >= 0.3 is 17.1 Å². The van der Waals surface area contributed by atoms with Gasteiger partial charge in [0.15, 0.2) is 17.3 Å². The van der Waals surface area contributed by atoms with Crippen LogP contribution in [0.5, 0.6) is 0 Å². The van der Waals surface area contributed by atoms with Crippen LogP contribution in [0.1, 0.15) is 31.4 Å². The van der Waals surface area contributed by atoms with Crippen molar-refractivity contribution < 1.29 is 17.1 Å². The first kappa shape index (κ1) is 16.6. The summed E-state index contributed by atoms with van der Waals surface area (Å²) in [4.78, 5) is 6.47. The molecule has 3 fully saturated rings. The third-order valence-corrected chi connectivity index (χ3v) is 4.60. The second-order valence-corrected chi connectivity index (χ2v) is 6.09. The number of fused-ring (bicyclic) bond motifs is 4.